The lowest BCUT2D eigenvalue weighted by molar-refractivity contribution is -0.118. The SMILES string of the molecule is C/C(=N/NC(=O)CSc1nnc(SCc2ccc(Cl)cc2)s1)c1ccccc1O. The number of phenolic OH excluding ortho intramolecular Hbond substituents is 1. The number of carbonyl (C=O) groups excluding carboxylic acids is 1. The first-order valence-corrected chi connectivity index (χ1v) is 11.6. The van der Waals surface area contributed by atoms with Crippen molar-refractivity contribution in [2.45, 2.75) is 21.4 Å². The second-order valence-corrected chi connectivity index (χ2v) is 9.65. The Hall–Kier alpha value is -2.07. The van der Waals surface area contributed by atoms with Gasteiger partial charge in [0.1, 0.15) is 5.75 Å². The molecule has 0 bridgehead atoms. The third kappa shape index (κ3) is 6.74. The zero-order valence-corrected chi connectivity index (χ0v) is 18.5. The van der Waals surface area contributed by atoms with Crippen molar-refractivity contribution < 1.29 is 9.90 Å². The molecule has 1 amide bonds. The van der Waals surface area contributed by atoms with Crippen molar-refractivity contribution >= 4 is 58.1 Å². The van der Waals surface area contributed by atoms with E-state index in [1.54, 1.807) is 43.0 Å². The van der Waals surface area contributed by atoms with E-state index < -0.39 is 0 Å². The van der Waals surface area contributed by atoms with Crippen LogP contribution in [0.3, 0.4) is 0 Å². The Balaban J connectivity index is 1.45. The van der Waals surface area contributed by atoms with E-state index >= 15 is 0 Å². The van der Waals surface area contributed by atoms with Gasteiger partial charge in [-0.25, -0.2) is 5.43 Å². The van der Waals surface area contributed by atoms with Gasteiger partial charge in [-0.15, -0.1) is 10.2 Å². The number of aromatic nitrogens is 2. The van der Waals surface area contributed by atoms with E-state index in [1.807, 2.05) is 24.3 Å². The maximum Gasteiger partial charge on any atom is 0.250 e. The molecule has 0 radical (unpaired) electrons. The van der Waals surface area contributed by atoms with E-state index in [2.05, 4.69) is 20.7 Å². The van der Waals surface area contributed by atoms with E-state index in [0.717, 1.165) is 20.0 Å². The smallest absolute Gasteiger partial charge is 0.250 e. The highest BCUT2D eigenvalue weighted by molar-refractivity contribution is 8.03. The third-order valence-electron chi connectivity index (χ3n) is 3.63. The minimum atomic E-state index is -0.254. The summed E-state index contributed by atoms with van der Waals surface area (Å²) in [5, 5.41) is 22.8. The number of rotatable bonds is 8. The minimum absolute atomic E-state index is 0.120. The number of aromatic hydroxyl groups is 1. The predicted octanol–water partition coefficient (Wildman–Crippen LogP) is 4.82. The summed E-state index contributed by atoms with van der Waals surface area (Å²) in [7, 11) is 0. The third-order valence-corrected chi connectivity index (χ3v) is 7.15. The molecular formula is C19H17ClN4O2S3. The summed E-state index contributed by atoms with van der Waals surface area (Å²) >= 11 is 10.2. The van der Waals surface area contributed by atoms with Crippen LogP contribution in [0.1, 0.15) is 18.1 Å². The molecule has 0 unspecified atom stereocenters. The zero-order chi connectivity index (χ0) is 20.6. The molecule has 0 saturated carbocycles. The van der Waals surface area contributed by atoms with Crippen LogP contribution in [-0.2, 0) is 10.5 Å². The van der Waals surface area contributed by atoms with Crippen molar-refractivity contribution in [3.63, 3.8) is 0 Å². The van der Waals surface area contributed by atoms with Gasteiger partial charge in [-0.2, -0.15) is 5.10 Å². The molecule has 2 N–H and O–H groups in total. The number of hydrogen-bond donors (Lipinski definition) is 2. The molecule has 0 spiro atoms. The fraction of sp³-hybridized carbons (Fsp3) is 0.158. The van der Waals surface area contributed by atoms with Gasteiger partial charge in [0, 0.05) is 16.3 Å². The van der Waals surface area contributed by atoms with E-state index in [9.17, 15) is 9.90 Å². The van der Waals surface area contributed by atoms with Crippen LogP contribution >= 0.6 is 46.5 Å². The first-order valence-electron chi connectivity index (χ1n) is 8.46. The van der Waals surface area contributed by atoms with Crippen molar-refractivity contribution in [1.29, 1.82) is 0 Å². The number of amides is 1. The Bertz CT molecular complexity index is 1010. The highest BCUT2D eigenvalue weighted by Gasteiger charge is 2.09. The van der Waals surface area contributed by atoms with Gasteiger partial charge in [0.25, 0.3) is 5.91 Å². The van der Waals surface area contributed by atoms with Crippen molar-refractivity contribution in [3.05, 3.63) is 64.7 Å². The molecule has 29 heavy (non-hydrogen) atoms. The lowest BCUT2D eigenvalue weighted by Crippen LogP contribution is -2.21. The molecule has 0 saturated heterocycles. The normalized spacial score (nSPS) is 11.4. The predicted molar refractivity (Wildman–Crippen MR) is 120 cm³/mol. The van der Waals surface area contributed by atoms with Crippen LogP contribution in [-0.4, -0.2) is 32.7 Å². The fourth-order valence-electron chi connectivity index (χ4n) is 2.19. The molecule has 150 valence electrons. The highest BCUT2D eigenvalue weighted by atomic mass is 35.5. The van der Waals surface area contributed by atoms with Crippen LogP contribution in [0.2, 0.25) is 5.02 Å². The Labute approximate surface area is 185 Å². The number of carbonyl (C=O) groups is 1. The second-order valence-electron chi connectivity index (χ2n) is 5.79. The van der Waals surface area contributed by atoms with Gasteiger partial charge in [0.05, 0.1) is 11.5 Å². The average Bonchev–Trinajstić information content (AvgIpc) is 3.18. The fourth-order valence-corrected chi connectivity index (χ4v) is 5.08. The topological polar surface area (TPSA) is 87.5 Å². The molecule has 1 aromatic heterocycles. The number of thioether (sulfide) groups is 2. The molecule has 3 aromatic rings. The van der Waals surface area contributed by atoms with Crippen LogP contribution < -0.4 is 5.43 Å². The largest absolute Gasteiger partial charge is 0.507 e. The van der Waals surface area contributed by atoms with Crippen LogP contribution in [0, 0.1) is 0 Å². The Morgan fingerprint density at radius 1 is 1.14 bits per heavy atom. The van der Waals surface area contributed by atoms with Crippen LogP contribution in [0.15, 0.2) is 62.3 Å². The molecule has 10 heteroatoms. The van der Waals surface area contributed by atoms with Crippen LogP contribution in [0.4, 0.5) is 0 Å². The summed E-state index contributed by atoms with van der Waals surface area (Å²) in [6.07, 6.45) is 0. The molecule has 2 aromatic carbocycles. The number of halogens is 1. The number of para-hydroxylation sites is 1. The number of benzene rings is 2. The molecule has 0 atom stereocenters. The number of nitrogens with one attached hydrogen (secondary N) is 1. The maximum absolute atomic E-state index is 12.0. The molecule has 3 rings (SSSR count). The lowest BCUT2D eigenvalue weighted by Gasteiger charge is -2.04. The van der Waals surface area contributed by atoms with Gasteiger partial charge in [-0.1, -0.05) is 70.7 Å². The first kappa shape index (κ1) is 21.6. The van der Waals surface area contributed by atoms with Gasteiger partial charge in [0.2, 0.25) is 0 Å². The molecule has 0 aliphatic heterocycles. The summed E-state index contributed by atoms with van der Waals surface area (Å²) in [6.45, 7) is 1.72. The summed E-state index contributed by atoms with van der Waals surface area (Å²) in [5.41, 5.74) is 4.75. The van der Waals surface area contributed by atoms with E-state index in [0.29, 0.717) is 16.3 Å². The number of hydrazone groups is 1. The average molecular weight is 465 g/mol. The Morgan fingerprint density at radius 3 is 2.55 bits per heavy atom. The number of nitrogens with zero attached hydrogens (tertiary/aromatic N) is 3. The monoisotopic (exact) mass is 464 g/mol. The van der Waals surface area contributed by atoms with E-state index in [4.69, 9.17) is 11.6 Å². The van der Waals surface area contributed by atoms with Crippen LogP contribution in [0.25, 0.3) is 0 Å². The Morgan fingerprint density at radius 2 is 1.83 bits per heavy atom. The van der Waals surface area contributed by atoms with Gasteiger partial charge < -0.3 is 5.11 Å². The summed E-state index contributed by atoms with van der Waals surface area (Å²) < 4.78 is 1.57. The molecule has 0 fully saturated rings. The maximum atomic E-state index is 12.0. The van der Waals surface area contributed by atoms with Crippen molar-refractivity contribution in [2.24, 2.45) is 5.10 Å². The van der Waals surface area contributed by atoms with Gasteiger partial charge in [-0.05, 0) is 36.8 Å². The van der Waals surface area contributed by atoms with Gasteiger partial charge >= 0.3 is 0 Å². The quantitative estimate of drug-likeness (QED) is 0.282. The summed E-state index contributed by atoms with van der Waals surface area (Å²) in [5.74, 6) is 0.816. The zero-order valence-electron chi connectivity index (χ0n) is 15.3. The van der Waals surface area contributed by atoms with Crippen LogP contribution in [0.5, 0.6) is 5.75 Å². The Kier molecular flexibility index (Phi) is 7.93. The van der Waals surface area contributed by atoms with Crippen molar-refractivity contribution in [1.82, 2.24) is 15.6 Å². The lowest BCUT2D eigenvalue weighted by atomic mass is 10.1. The second kappa shape index (κ2) is 10.6. The number of hydrogen-bond acceptors (Lipinski definition) is 8. The molecule has 1 heterocycles. The number of phenols is 1. The standard InChI is InChI=1S/C19H17ClN4O2S3/c1-12(15-4-2-3-5-16(15)25)21-22-17(26)11-28-19-24-23-18(29-19)27-10-13-6-8-14(20)9-7-13/h2-9,25H,10-11H2,1H3,(H,22,26)/b21-12-. The van der Waals surface area contributed by atoms with Gasteiger partial charge in [-0.3, -0.25) is 4.79 Å². The molecule has 6 nitrogen and oxygen atoms in total. The highest BCUT2D eigenvalue weighted by Crippen LogP contribution is 2.30. The molecule has 0 aliphatic rings. The van der Waals surface area contributed by atoms with Crippen molar-refractivity contribution in [2.75, 3.05) is 5.75 Å². The molecular weight excluding hydrogens is 448 g/mol. The van der Waals surface area contributed by atoms with E-state index in [1.165, 1.54) is 23.1 Å². The first-order chi connectivity index (χ1) is 14.0. The summed E-state index contributed by atoms with van der Waals surface area (Å²) in [6, 6.07) is 14.5. The van der Waals surface area contributed by atoms with Gasteiger partial charge in [0.15, 0.2) is 8.68 Å². The minimum Gasteiger partial charge on any atom is -0.507 e. The van der Waals surface area contributed by atoms with E-state index in [-0.39, 0.29) is 17.4 Å². The van der Waals surface area contributed by atoms with Crippen molar-refractivity contribution in [3.8, 4) is 5.75 Å². The molecule has 0 aliphatic carbocycles. The summed E-state index contributed by atoms with van der Waals surface area (Å²) in [4.78, 5) is 12.0.